The van der Waals surface area contributed by atoms with E-state index in [2.05, 4.69) is 22.0 Å². The first kappa shape index (κ1) is 15.2. The summed E-state index contributed by atoms with van der Waals surface area (Å²) in [6, 6.07) is 0. The van der Waals surface area contributed by atoms with Crippen LogP contribution in [0.1, 0.15) is 25.7 Å². The van der Waals surface area contributed by atoms with Gasteiger partial charge in [-0.3, -0.25) is 0 Å². The van der Waals surface area contributed by atoms with Crippen molar-refractivity contribution < 1.29 is 8.42 Å². The minimum absolute atomic E-state index is 0.281. The molecule has 2 saturated heterocycles. The highest BCUT2D eigenvalue weighted by Gasteiger charge is 2.23. The van der Waals surface area contributed by atoms with Gasteiger partial charge in [-0.05, 0) is 70.7 Å². The van der Waals surface area contributed by atoms with Gasteiger partial charge in [-0.15, -0.1) is 0 Å². The second-order valence-electron chi connectivity index (χ2n) is 6.09. The molecule has 2 rings (SSSR count). The highest BCUT2D eigenvalue weighted by Crippen LogP contribution is 2.16. The summed E-state index contributed by atoms with van der Waals surface area (Å²) >= 11 is 0. The molecule has 0 spiro atoms. The van der Waals surface area contributed by atoms with Crippen LogP contribution in [0.2, 0.25) is 0 Å². The zero-order valence-corrected chi connectivity index (χ0v) is 12.7. The van der Waals surface area contributed by atoms with Gasteiger partial charge in [0.15, 0.2) is 0 Å². The Bertz CT molecular complexity index is 358. The van der Waals surface area contributed by atoms with Crippen LogP contribution in [0.5, 0.6) is 0 Å². The lowest BCUT2D eigenvalue weighted by Crippen LogP contribution is -2.40. The smallest absolute Gasteiger partial charge is 0.211 e. The van der Waals surface area contributed by atoms with Crippen LogP contribution in [-0.2, 0) is 10.0 Å². The SMILES string of the molecule is CN1CCC(CNS(=O)(=O)CC2CCCNC2)CC1. The van der Waals surface area contributed by atoms with E-state index in [1.807, 2.05) is 0 Å². The molecule has 6 heteroatoms. The second-order valence-corrected chi connectivity index (χ2v) is 7.94. The van der Waals surface area contributed by atoms with Crippen LogP contribution >= 0.6 is 0 Å². The van der Waals surface area contributed by atoms with Gasteiger partial charge in [0.25, 0.3) is 0 Å². The van der Waals surface area contributed by atoms with Crippen molar-refractivity contribution in [2.45, 2.75) is 25.7 Å². The van der Waals surface area contributed by atoms with Crippen molar-refractivity contribution >= 4 is 10.0 Å². The zero-order valence-electron chi connectivity index (χ0n) is 11.9. The zero-order chi connectivity index (χ0) is 13.7. The molecule has 1 unspecified atom stereocenters. The fourth-order valence-electron chi connectivity index (χ4n) is 2.95. The van der Waals surface area contributed by atoms with Gasteiger partial charge in [0.05, 0.1) is 5.75 Å². The highest BCUT2D eigenvalue weighted by molar-refractivity contribution is 7.89. The third-order valence-electron chi connectivity index (χ3n) is 4.28. The molecule has 0 bridgehead atoms. The van der Waals surface area contributed by atoms with Crippen molar-refractivity contribution in [3.63, 3.8) is 0 Å². The molecular weight excluding hydrogens is 262 g/mol. The maximum atomic E-state index is 12.1. The number of nitrogens with one attached hydrogen (secondary N) is 2. The molecule has 0 aliphatic carbocycles. The molecule has 0 aromatic heterocycles. The van der Waals surface area contributed by atoms with Crippen LogP contribution in [0.3, 0.4) is 0 Å². The van der Waals surface area contributed by atoms with E-state index in [1.165, 1.54) is 0 Å². The van der Waals surface area contributed by atoms with Gasteiger partial charge < -0.3 is 10.2 Å². The highest BCUT2D eigenvalue weighted by atomic mass is 32.2. The molecule has 0 saturated carbocycles. The van der Waals surface area contributed by atoms with Crippen molar-refractivity contribution in [1.29, 1.82) is 0 Å². The van der Waals surface area contributed by atoms with Gasteiger partial charge >= 0.3 is 0 Å². The summed E-state index contributed by atoms with van der Waals surface area (Å²) in [5, 5.41) is 3.27. The summed E-state index contributed by atoms with van der Waals surface area (Å²) in [4.78, 5) is 2.30. The van der Waals surface area contributed by atoms with Crippen LogP contribution < -0.4 is 10.0 Å². The molecule has 112 valence electrons. The van der Waals surface area contributed by atoms with E-state index < -0.39 is 10.0 Å². The average Bonchev–Trinajstić information content (AvgIpc) is 2.39. The summed E-state index contributed by atoms with van der Waals surface area (Å²) in [5.74, 6) is 1.08. The van der Waals surface area contributed by atoms with Crippen molar-refractivity contribution in [2.75, 3.05) is 45.5 Å². The fraction of sp³-hybridized carbons (Fsp3) is 1.00. The number of sulfonamides is 1. The van der Waals surface area contributed by atoms with Crippen LogP contribution in [0.15, 0.2) is 0 Å². The molecule has 2 heterocycles. The normalized spacial score (nSPS) is 27.5. The molecule has 1 atom stereocenters. The van der Waals surface area contributed by atoms with E-state index in [1.54, 1.807) is 0 Å². The topological polar surface area (TPSA) is 61.4 Å². The summed E-state index contributed by atoms with van der Waals surface area (Å²) in [6.45, 7) is 4.66. The first-order valence-electron chi connectivity index (χ1n) is 7.42. The number of rotatable bonds is 5. The Labute approximate surface area is 117 Å². The fourth-order valence-corrected chi connectivity index (χ4v) is 4.46. The van der Waals surface area contributed by atoms with Crippen LogP contribution in [0.4, 0.5) is 0 Å². The molecule has 2 N–H and O–H groups in total. The van der Waals surface area contributed by atoms with Gasteiger partial charge in [-0.25, -0.2) is 13.1 Å². The first-order valence-corrected chi connectivity index (χ1v) is 9.07. The molecule has 0 amide bonds. The summed E-state index contributed by atoms with van der Waals surface area (Å²) in [7, 11) is -0.976. The van der Waals surface area contributed by atoms with E-state index >= 15 is 0 Å². The van der Waals surface area contributed by atoms with E-state index in [4.69, 9.17) is 0 Å². The van der Waals surface area contributed by atoms with Gasteiger partial charge in [-0.1, -0.05) is 0 Å². The lowest BCUT2D eigenvalue weighted by atomic mass is 9.98. The summed E-state index contributed by atoms with van der Waals surface area (Å²) in [5.41, 5.74) is 0. The maximum Gasteiger partial charge on any atom is 0.211 e. The van der Waals surface area contributed by atoms with Crippen molar-refractivity contribution in [3.05, 3.63) is 0 Å². The van der Waals surface area contributed by atoms with Crippen LogP contribution in [-0.4, -0.2) is 58.8 Å². The van der Waals surface area contributed by atoms with Crippen LogP contribution in [0.25, 0.3) is 0 Å². The Morgan fingerprint density at radius 3 is 2.58 bits per heavy atom. The van der Waals surface area contributed by atoms with E-state index in [9.17, 15) is 8.42 Å². The third kappa shape index (κ3) is 5.38. The second kappa shape index (κ2) is 7.02. The molecule has 5 nitrogen and oxygen atoms in total. The quantitative estimate of drug-likeness (QED) is 0.761. The van der Waals surface area contributed by atoms with E-state index in [-0.39, 0.29) is 11.7 Å². The Hall–Kier alpha value is -0.170. The van der Waals surface area contributed by atoms with Gasteiger partial charge in [0.2, 0.25) is 10.0 Å². The Morgan fingerprint density at radius 1 is 1.21 bits per heavy atom. The maximum absolute atomic E-state index is 12.1. The minimum atomic E-state index is -3.10. The van der Waals surface area contributed by atoms with Gasteiger partial charge in [0.1, 0.15) is 0 Å². The van der Waals surface area contributed by atoms with Gasteiger partial charge in [0, 0.05) is 6.54 Å². The van der Waals surface area contributed by atoms with Crippen LogP contribution in [0, 0.1) is 11.8 Å². The molecular formula is C13H27N3O2S. The van der Waals surface area contributed by atoms with Crippen molar-refractivity contribution in [2.24, 2.45) is 11.8 Å². The lowest BCUT2D eigenvalue weighted by Gasteiger charge is -2.29. The summed E-state index contributed by atoms with van der Waals surface area (Å²) in [6.07, 6.45) is 4.32. The summed E-state index contributed by atoms with van der Waals surface area (Å²) < 4.78 is 26.9. The molecule has 0 aromatic carbocycles. The minimum Gasteiger partial charge on any atom is -0.316 e. The average molecular weight is 289 g/mol. The van der Waals surface area contributed by atoms with E-state index in [0.29, 0.717) is 12.5 Å². The molecule has 19 heavy (non-hydrogen) atoms. The van der Waals surface area contributed by atoms with E-state index in [0.717, 1.165) is 51.9 Å². The predicted molar refractivity (Wildman–Crippen MR) is 77.6 cm³/mol. The Morgan fingerprint density at radius 2 is 1.95 bits per heavy atom. The lowest BCUT2D eigenvalue weighted by molar-refractivity contribution is 0.220. The molecule has 2 aliphatic heterocycles. The molecule has 0 aromatic rings. The number of likely N-dealkylation sites (tertiary alicyclic amines) is 1. The van der Waals surface area contributed by atoms with Crippen molar-refractivity contribution in [3.8, 4) is 0 Å². The Kier molecular flexibility index (Phi) is 5.62. The predicted octanol–water partition coefficient (Wildman–Crippen LogP) is 0.247. The van der Waals surface area contributed by atoms with Gasteiger partial charge in [-0.2, -0.15) is 0 Å². The number of nitrogens with zero attached hydrogens (tertiary/aromatic N) is 1. The third-order valence-corrected chi connectivity index (χ3v) is 5.80. The largest absolute Gasteiger partial charge is 0.316 e. The number of hydrogen-bond donors (Lipinski definition) is 2. The molecule has 2 aliphatic rings. The number of piperidine rings is 2. The number of hydrogen-bond acceptors (Lipinski definition) is 4. The standard InChI is InChI=1S/C13H27N3O2S/c1-16-7-4-12(5-8-16)10-15-19(17,18)11-13-3-2-6-14-9-13/h12-15H,2-11H2,1H3. The monoisotopic (exact) mass is 289 g/mol. The van der Waals surface area contributed by atoms with Crippen molar-refractivity contribution in [1.82, 2.24) is 14.9 Å². The molecule has 2 fully saturated rings. The first-order chi connectivity index (χ1) is 9.05. The molecule has 0 radical (unpaired) electrons. The Balaban J connectivity index is 1.71.